The molecule has 0 radical (unpaired) electrons. The van der Waals surface area contributed by atoms with E-state index in [0.29, 0.717) is 32.8 Å². The van der Waals surface area contributed by atoms with Gasteiger partial charge in [-0.1, -0.05) is 72.8 Å². The third-order valence-corrected chi connectivity index (χ3v) is 9.06. The molecule has 0 spiro atoms. The molecule has 3 aromatic rings. The number of hydrogen-bond acceptors (Lipinski definition) is 7. The summed E-state index contributed by atoms with van der Waals surface area (Å²) >= 11 is 0. The molecule has 2 atom stereocenters. The second-order valence-electron chi connectivity index (χ2n) is 10.3. The van der Waals surface area contributed by atoms with Gasteiger partial charge in [-0.2, -0.15) is 5.26 Å². The first kappa shape index (κ1) is 32.7. The predicted molar refractivity (Wildman–Crippen MR) is 166 cm³/mol. The van der Waals surface area contributed by atoms with E-state index in [1.54, 1.807) is 7.11 Å². The summed E-state index contributed by atoms with van der Waals surface area (Å²) in [6.45, 7) is 9.84. The first-order valence-electron chi connectivity index (χ1n) is 14.2. The lowest BCUT2D eigenvalue weighted by Gasteiger charge is -2.41. The Kier molecular flexibility index (Phi) is 13.2. The molecule has 3 rings (SSSR count). The lowest BCUT2D eigenvalue weighted by Crippen LogP contribution is -2.50. The van der Waals surface area contributed by atoms with Crippen LogP contribution in [0, 0.1) is 11.3 Å². The van der Waals surface area contributed by atoms with Crippen molar-refractivity contribution in [3.05, 3.63) is 102 Å². The molecule has 0 aromatic heterocycles. The van der Waals surface area contributed by atoms with Crippen molar-refractivity contribution < 1.29 is 18.5 Å². The molecule has 7 nitrogen and oxygen atoms in total. The molecule has 220 valence electrons. The quantitative estimate of drug-likeness (QED) is 0.109. The summed E-state index contributed by atoms with van der Waals surface area (Å²) in [5, 5.41) is 8.96. The van der Waals surface area contributed by atoms with Crippen LogP contribution in [0.15, 0.2) is 84.9 Å². The standard InChI is InChI=1S/C33H44N3O4P/c1-26(2)36(27(3)4)41(39-22-12-21-34)40-24-23-38-25-32(35)33(28-13-8-6-9-14-28,29-15-10-7-11-16-29)30-17-19-31(37-5)20-18-30/h6-11,13-20,26-27,32H,12,22-25,35H2,1-5H3. The summed E-state index contributed by atoms with van der Waals surface area (Å²) in [6.07, 6.45) is 0.323. The van der Waals surface area contributed by atoms with Crippen molar-refractivity contribution in [1.82, 2.24) is 4.67 Å². The van der Waals surface area contributed by atoms with Gasteiger partial charge < -0.3 is 24.3 Å². The van der Waals surface area contributed by atoms with Gasteiger partial charge in [-0.05, 0) is 56.5 Å². The van der Waals surface area contributed by atoms with Crippen molar-refractivity contribution in [3.63, 3.8) is 0 Å². The maximum absolute atomic E-state index is 8.96. The molecule has 0 fully saturated rings. The van der Waals surface area contributed by atoms with Crippen LogP contribution in [0.2, 0.25) is 0 Å². The molecule has 3 aromatic carbocycles. The fourth-order valence-corrected chi connectivity index (χ4v) is 6.79. The molecule has 0 aliphatic rings. The molecule has 0 bridgehead atoms. The van der Waals surface area contributed by atoms with E-state index in [9.17, 15) is 0 Å². The first-order chi connectivity index (χ1) is 19.9. The molecule has 2 N–H and O–H groups in total. The molecule has 41 heavy (non-hydrogen) atoms. The molecule has 0 amide bonds. The SMILES string of the molecule is COc1ccc(C(c2ccccc2)(c2ccccc2)C(N)COCCOP(OCCC#N)N(C(C)C)C(C)C)cc1. The smallest absolute Gasteiger partial charge is 0.259 e. The zero-order valence-electron chi connectivity index (χ0n) is 24.9. The van der Waals surface area contributed by atoms with Crippen LogP contribution >= 0.6 is 8.53 Å². The highest BCUT2D eigenvalue weighted by atomic mass is 31.2. The van der Waals surface area contributed by atoms with Crippen molar-refractivity contribution >= 4 is 8.53 Å². The Morgan fingerprint density at radius 2 is 1.29 bits per heavy atom. The zero-order chi connectivity index (χ0) is 29.7. The number of nitriles is 1. The normalized spacial score (nSPS) is 13.4. The van der Waals surface area contributed by atoms with Crippen molar-refractivity contribution in [2.75, 3.05) is 33.5 Å². The Morgan fingerprint density at radius 3 is 1.78 bits per heavy atom. The summed E-state index contributed by atoms with van der Waals surface area (Å²) in [6, 6.07) is 31.0. The Hall–Kier alpha value is -2.82. The van der Waals surface area contributed by atoms with Gasteiger partial charge in [-0.15, -0.1) is 0 Å². The summed E-state index contributed by atoms with van der Waals surface area (Å²) < 4.78 is 26.0. The van der Waals surface area contributed by atoms with Crippen molar-refractivity contribution in [3.8, 4) is 11.8 Å². The van der Waals surface area contributed by atoms with Crippen molar-refractivity contribution in [2.45, 2.75) is 57.7 Å². The molecule has 0 heterocycles. The van der Waals surface area contributed by atoms with Crippen LogP contribution in [0.1, 0.15) is 50.8 Å². The minimum atomic E-state index is -1.32. The molecule has 0 aliphatic heterocycles. The lowest BCUT2D eigenvalue weighted by molar-refractivity contribution is 0.0730. The van der Waals surface area contributed by atoms with Crippen LogP contribution in [0.5, 0.6) is 5.75 Å². The lowest BCUT2D eigenvalue weighted by atomic mass is 9.65. The summed E-state index contributed by atoms with van der Waals surface area (Å²) in [4.78, 5) is 0. The predicted octanol–water partition coefficient (Wildman–Crippen LogP) is 6.67. The monoisotopic (exact) mass is 577 g/mol. The largest absolute Gasteiger partial charge is 0.497 e. The van der Waals surface area contributed by atoms with Gasteiger partial charge in [-0.25, -0.2) is 4.67 Å². The molecule has 0 aliphatic carbocycles. The fraction of sp³-hybridized carbons (Fsp3) is 0.424. The zero-order valence-corrected chi connectivity index (χ0v) is 25.8. The number of rotatable bonds is 17. The van der Waals surface area contributed by atoms with Crippen LogP contribution in [0.3, 0.4) is 0 Å². The Balaban J connectivity index is 1.82. The Bertz CT molecular complexity index is 1140. The highest BCUT2D eigenvalue weighted by Gasteiger charge is 2.42. The van der Waals surface area contributed by atoms with Crippen LogP contribution < -0.4 is 10.5 Å². The third-order valence-electron chi connectivity index (χ3n) is 6.95. The van der Waals surface area contributed by atoms with Crippen LogP contribution in [0.4, 0.5) is 0 Å². The fourth-order valence-electron chi connectivity index (χ4n) is 5.22. The molecule has 8 heteroatoms. The van der Waals surface area contributed by atoms with E-state index >= 15 is 0 Å². The maximum Gasteiger partial charge on any atom is 0.259 e. The van der Waals surface area contributed by atoms with E-state index in [2.05, 4.69) is 74.8 Å². The first-order valence-corrected chi connectivity index (χ1v) is 15.3. The van der Waals surface area contributed by atoms with Gasteiger partial charge in [0.05, 0.1) is 51.4 Å². The van der Waals surface area contributed by atoms with E-state index in [0.717, 1.165) is 22.4 Å². The topological polar surface area (TPSA) is 90.0 Å². The molecule has 0 saturated heterocycles. The average molecular weight is 578 g/mol. The summed E-state index contributed by atoms with van der Waals surface area (Å²) in [7, 11) is 0.344. The van der Waals surface area contributed by atoms with Gasteiger partial charge in [0, 0.05) is 18.1 Å². The molecular formula is C33H44N3O4P. The second kappa shape index (κ2) is 16.6. The highest BCUT2D eigenvalue weighted by Crippen LogP contribution is 2.46. The van der Waals surface area contributed by atoms with Crippen LogP contribution in [-0.2, 0) is 19.2 Å². The van der Waals surface area contributed by atoms with Gasteiger partial charge in [0.2, 0.25) is 0 Å². The van der Waals surface area contributed by atoms with Crippen LogP contribution in [-0.4, -0.2) is 56.3 Å². The molecule has 2 unspecified atom stereocenters. The number of methoxy groups -OCH3 is 1. The maximum atomic E-state index is 8.96. The summed E-state index contributed by atoms with van der Waals surface area (Å²) in [5.41, 5.74) is 9.68. The van der Waals surface area contributed by atoms with Crippen molar-refractivity contribution in [1.29, 1.82) is 5.26 Å². The number of nitrogens with zero attached hydrogens (tertiary/aromatic N) is 2. The van der Waals surface area contributed by atoms with Gasteiger partial charge in [0.1, 0.15) is 5.75 Å². The van der Waals surface area contributed by atoms with Gasteiger partial charge >= 0.3 is 0 Å². The molecule has 0 saturated carbocycles. The van der Waals surface area contributed by atoms with Crippen LogP contribution in [0.25, 0.3) is 0 Å². The van der Waals surface area contributed by atoms with E-state index in [4.69, 9.17) is 29.5 Å². The van der Waals surface area contributed by atoms with E-state index in [-0.39, 0.29) is 12.1 Å². The molecular weight excluding hydrogens is 533 g/mol. The van der Waals surface area contributed by atoms with Gasteiger partial charge in [0.15, 0.2) is 0 Å². The third kappa shape index (κ3) is 8.36. The number of benzene rings is 3. The number of nitrogens with two attached hydrogens (primary N) is 1. The van der Waals surface area contributed by atoms with E-state index in [1.165, 1.54) is 0 Å². The number of hydrogen-bond donors (Lipinski definition) is 1. The minimum absolute atomic E-state index is 0.236. The minimum Gasteiger partial charge on any atom is -0.497 e. The highest BCUT2D eigenvalue weighted by molar-refractivity contribution is 7.44. The summed E-state index contributed by atoms with van der Waals surface area (Å²) in [5.74, 6) is 0.788. The van der Waals surface area contributed by atoms with Gasteiger partial charge in [0.25, 0.3) is 8.53 Å². The average Bonchev–Trinajstić information content (AvgIpc) is 2.98. The second-order valence-corrected chi connectivity index (χ2v) is 11.8. The van der Waals surface area contributed by atoms with Crippen molar-refractivity contribution in [2.24, 2.45) is 5.73 Å². The number of ether oxygens (including phenoxy) is 2. The van der Waals surface area contributed by atoms with Gasteiger partial charge in [-0.3, -0.25) is 0 Å². The van der Waals surface area contributed by atoms with E-state index in [1.807, 2.05) is 48.5 Å². The van der Waals surface area contributed by atoms with E-state index < -0.39 is 20.0 Å². The Labute approximate surface area is 247 Å². The Morgan fingerprint density at radius 1 is 0.780 bits per heavy atom.